The lowest BCUT2D eigenvalue weighted by Gasteiger charge is -2.19. The molecule has 1 aromatic carbocycles. The smallest absolute Gasteiger partial charge is 0.161 e. The number of nitrogens with one attached hydrogen (secondary N) is 1. The lowest BCUT2D eigenvalue weighted by atomic mass is 10.1. The number of fused-ring (bicyclic) bond motifs is 1. The maximum Gasteiger partial charge on any atom is 0.161 e. The molecule has 74 valence electrons. The van der Waals surface area contributed by atoms with Crippen molar-refractivity contribution >= 4 is 0 Å². The summed E-state index contributed by atoms with van der Waals surface area (Å²) in [6.07, 6.45) is 0. The van der Waals surface area contributed by atoms with Crippen molar-refractivity contribution in [2.45, 2.75) is 13.0 Å². The molecule has 1 aliphatic rings. The predicted octanol–water partition coefficient (Wildman–Crippen LogP) is 2.55. The van der Waals surface area contributed by atoms with E-state index < -0.39 is 0 Å². The van der Waals surface area contributed by atoms with Crippen LogP contribution in [0, 0.1) is 5.53 Å². The summed E-state index contributed by atoms with van der Waals surface area (Å²) in [6, 6.07) is 5.55. The average molecular weight is 192 g/mol. The van der Waals surface area contributed by atoms with E-state index in [1.165, 1.54) is 0 Å². The summed E-state index contributed by atoms with van der Waals surface area (Å²) in [4.78, 5) is 0. The van der Waals surface area contributed by atoms with E-state index in [9.17, 15) is 0 Å². The van der Waals surface area contributed by atoms with E-state index in [-0.39, 0.29) is 6.04 Å². The molecular formula is C10H12N2O2. The monoisotopic (exact) mass is 192 g/mol. The van der Waals surface area contributed by atoms with Gasteiger partial charge in [0.2, 0.25) is 0 Å². The fourth-order valence-electron chi connectivity index (χ4n) is 1.39. The Morgan fingerprint density at radius 2 is 2.00 bits per heavy atom. The molecule has 0 aromatic heterocycles. The highest BCUT2D eigenvalue weighted by Gasteiger charge is 2.13. The number of nitrogens with zero attached hydrogens (tertiary/aromatic N) is 1. The molecule has 0 bridgehead atoms. The molecule has 0 saturated heterocycles. The van der Waals surface area contributed by atoms with Gasteiger partial charge in [0, 0.05) is 0 Å². The van der Waals surface area contributed by atoms with Gasteiger partial charge in [0.15, 0.2) is 11.5 Å². The Morgan fingerprint density at radius 1 is 1.29 bits per heavy atom. The summed E-state index contributed by atoms with van der Waals surface area (Å²) in [5, 5.41) is 3.46. The molecule has 0 aliphatic carbocycles. The second kappa shape index (κ2) is 3.65. The third kappa shape index (κ3) is 1.55. The zero-order valence-electron chi connectivity index (χ0n) is 7.99. The summed E-state index contributed by atoms with van der Waals surface area (Å²) >= 11 is 0. The topological polar surface area (TPSA) is 54.7 Å². The van der Waals surface area contributed by atoms with Crippen LogP contribution in [0.1, 0.15) is 18.5 Å². The van der Waals surface area contributed by atoms with Crippen LogP contribution in [0.15, 0.2) is 23.3 Å². The molecule has 1 heterocycles. The van der Waals surface area contributed by atoms with Gasteiger partial charge in [-0.1, -0.05) is 6.07 Å². The highest BCUT2D eigenvalue weighted by atomic mass is 16.6. The molecule has 0 spiro atoms. The molecule has 1 aliphatic heterocycles. The van der Waals surface area contributed by atoms with Crippen LogP contribution in [0.2, 0.25) is 0 Å². The van der Waals surface area contributed by atoms with Crippen molar-refractivity contribution in [1.82, 2.24) is 0 Å². The molecule has 14 heavy (non-hydrogen) atoms. The second-order valence-corrected chi connectivity index (χ2v) is 3.21. The molecule has 0 amide bonds. The van der Waals surface area contributed by atoms with Crippen molar-refractivity contribution in [2.24, 2.45) is 5.11 Å². The highest BCUT2D eigenvalue weighted by Crippen LogP contribution is 2.33. The summed E-state index contributed by atoms with van der Waals surface area (Å²) < 4.78 is 10.8. The van der Waals surface area contributed by atoms with Crippen LogP contribution in [-0.4, -0.2) is 13.2 Å². The maximum atomic E-state index is 6.94. The SMILES string of the molecule is CC(N=N)c1ccc2c(c1)OCCO2. The minimum absolute atomic E-state index is 0.120. The van der Waals surface area contributed by atoms with Gasteiger partial charge in [0.25, 0.3) is 0 Å². The fourth-order valence-corrected chi connectivity index (χ4v) is 1.39. The quantitative estimate of drug-likeness (QED) is 0.732. The van der Waals surface area contributed by atoms with Crippen molar-refractivity contribution in [3.8, 4) is 11.5 Å². The van der Waals surface area contributed by atoms with E-state index in [2.05, 4.69) is 5.11 Å². The molecule has 2 rings (SSSR count). The van der Waals surface area contributed by atoms with Gasteiger partial charge in [0.05, 0.1) is 6.04 Å². The number of rotatable bonds is 2. The van der Waals surface area contributed by atoms with Crippen molar-refractivity contribution in [1.29, 1.82) is 5.53 Å². The number of hydrogen-bond acceptors (Lipinski definition) is 4. The van der Waals surface area contributed by atoms with E-state index in [0.717, 1.165) is 17.1 Å². The largest absolute Gasteiger partial charge is 0.486 e. The molecule has 1 atom stereocenters. The molecule has 0 radical (unpaired) electrons. The molecule has 1 N–H and O–H groups in total. The van der Waals surface area contributed by atoms with Gasteiger partial charge in [-0.25, -0.2) is 5.53 Å². The summed E-state index contributed by atoms with van der Waals surface area (Å²) in [6.45, 7) is 3.06. The Bertz CT molecular complexity index is 352. The second-order valence-electron chi connectivity index (χ2n) is 3.21. The summed E-state index contributed by atoms with van der Waals surface area (Å²) in [7, 11) is 0. The van der Waals surface area contributed by atoms with E-state index >= 15 is 0 Å². The van der Waals surface area contributed by atoms with Crippen LogP contribution in [0.25, 0.3) is 0 Å². The Kier molecular flexibility index (Phi) is 2.35. The first-order valence-corrected chi connectivity index (χ1v) is 4.57. The van der Waals surface area contributed by atoms with Crippen molar-refractivity contribution < 1.29 is 9.47 Å². The standard InChI is InChI=1S/C10H12N2O2/c1-7(12-11)8-2-3-9-10(6-8)14-5-4-13-9/h2-3,6-7,11H,4-5H2,1H3. The van der Waals surface area contributed by atoms with Gasteiger partial charge in [-0.2, -0.15) is 5.11 Å². The van der Waals surface area contributed by atoms with Crippen molar-refractivity contribution in [3.05, 3.63) is 23.8 Å². The van der Waals surface area contributed by atoms with Crippen molar-refractivity contribution in [3.63, 3.8) is 0 Å². The Balaban J connectivity index is 2.33. The van der Waals surface area contributed by atoms with E-state index in [4.69, 9.17) is 15.0 Å². The Hall–Kier alpha value is -1.58. The molecule has 0 saturated carbocycles. The van der Waals surface area contributed by atoms with Crippen LogP contribution >= 0.6 is 0 Å². The van der Waals surface area contributed by atoms with Gasteiger partial charge < -0.3 is 9.47 Å². The molecular weight excluding hydrogens is 180 g/mol. The first-order chi connectivity index (χ1) is 6.81. The van der Waals surface area contributed by atoms with Crippen LogP contribution in [-0.2, 0) is 0 Å². The summed E-state index contributed by atoms with van der Waals surface area (Å²) in [5.74, 6) is 1.53. The average Bonchev–Trinajstić information content (AvgIpc) is 2.27. The first-order valence-electron chi connectivity index (χ1n) is 4.57. The predicted molar refractivity (Wildman–Crippen MR) is 51.0 cm³/mol. The Labute approximate surface area is 82.3 Å². The molecule has 4 nitrogen and oxygen atoms in total. The molecule has 4 heteroatoms. The van der Waals surface area contributed by atoms with Gasteiger partial charge in [0.1, 0.15) is 13.2 Å². The van der Waals surface area contributed by atoms with Gasteiger partial charge in [-0.3, -0.25) is 0 Å². The van der Waals surface area contributed by atoms with Crippen LogP contribution < -0.4 is 9.47 Å². The fraction of sp³-hybridized carbons (Fsp3) is 0.400. The molecule has 0 fully saturated rings. The first kappa shape index (κ1) is 8.99. The number of hydrogen-bond donors (Lipinski definition) is 1. The minimum atomic E-state index is -0.120. The zero-order chi connectivity index (χ0) is 9.97. The lowest BCUT2D eigenvalue weighted by molar-refractivity contribution is 0.171. The lowest BCUT2D eigenvalue weighted by Crippen LogP contribution is -2.15. The van der Waals surface area contributed by atoms with Crippen molar-refractivity contribution in [2.75, 3.05) is 13.2 Å². The van der Waals surface area contributed by atoms with E-state index in [1.807, 2.05) is 25.1 Å². The van der Waals surface area contributed by atoms with Crippen LogP contribution in [0.3, 0.4) is 0 Å². The van der Waals surface area contributed by atoms with Gasteiger partial charge in [-0.15, -0.1) is 0 Å². The number of benzene rings is 1. The molecule has 1 unspecified atom stereocenters. The normalized spacial score (nSPS) is 16.1. The van der Waals surface area contributed by atoms with E-state index in [0.29, 0.717) is 13.2 Å². The third-order valence-corrected chi connectivity index (χ3v) is 2.24. The van der Waals surface area contributed by atoms with Crippen LogP contribution in [0.4, 0.5) is 0 Å². The van der Waals surface area contributed by atoms with E-state index in [1.54, 1.807) is 0 Å². The minimum Gasteiger partial charge on any atom is -0.486 e. The molecule has 1 aromatic rings. The third-order valence-electron chi connectivity index (χ3n) is 2.24. The highest BCUT2D eigenvalue weighted by molar-refractivity contribution is 5.44. The summed E-state index contributed by atoms with van der Waals surface area (Å²) in [5.41, 5.74) is 7.92. The Morgan fingerprint density at radius 3 is 2.71 bits per heavy atom. The zero-order valence-corrected chi connectivity index (χ0v) is 7.99. The van der Waals surface area contributed by atoms with Gasteiger partial charge >= 0.3 is 0 Å². The number of ether oxygens (including phenoxy) is 2. The van der Waals surface area contributed by atoms with Crippen LogP contribution in [0.5, 0.6) is 11.5 Å². The maximum absolute atomic E-state index is 6.94. The van der Waals surface area contributed by atoms with Gasteiger partial charge in [-0.05, 0) is 24.6 Å².